The van der Waals surface area contributed by atoms with Crippen molar-refractivity contribution in [3.63, 3.8) is 0 Å². The summed E-state index contributed by atoms with van der Waals surface area (Å²) in [5.41, 5.74) is 0.766. The molecule has 0 aliphatic carbocycles. The van der Waals surface area contributed by atoms with E-state index in [1.807, 2.05) is 0 Å². The number of amides is 1. The molecule has 3 N–H and O–H groups in total. The molecule has 0 spiro atoms. The Morgan fingerprint density at radius 3 is 1.91 bits per heavy atom. The van der Waals surface area contributed by atoms with Crippen molar-refractivity contribution < 1.29 is 24.6 Å². The molecule has 6 nitrogen and oxygen atoms in total. The molecule has 0 aliphatic heterocycles. The molecular weight excluding hydrogens is 298 g/mol. The van der Waals surface area contributed by atoms with E-state index in [2.05, 4.69) is 5.32 Å². The van der Waals surface area contributed by atoms with Crippen LogP contribution in [0.1, 0.15) is 22.0 Å². The summed E-state index contributed by atoms with van der Waals surface area (Å²) in [6.07, 6.45) is -1.89. The van der Waals surface area contributed by atoms with E-state index in [0.717, 1.165) is 0 Å². The molecule has 6 heteroatoms. The molecule has 0 saturated carbocycles. The zero-order valence-corrected chi connectivity index (χ0v) is 12.0. The maximum atomic E-state index is 12.2. The topological polar surface area (TPSA) is 104 Å². The van der Waals surface area contributed by atoms with Crippen LogP contribution in [0.5, 0.6) is 0 Å². The van der Waals surface area contributed by atoms with Crippen molar-refractivity contribution in [3.05, 3.63) is 71.8 Å². The van der Waals surface area contributed by atoms with Crippen LogP contribution in [-0.2, 0) is 9.59 Å². The summed E-state index contributed by atoms with van der Waals surface area (Å²) < 4.78 is 0. The van der Waals surface area contributed by atoms with Gasteiger partial charge in [0.05, 0.1) is 6.04 Å². The lowest BCUT2D eigenvalue weighted by atomic mass is 9.98. The van der Waals surface area contributed by atoms with Crippen LogP contribution in [-0.4, -0.2) is 34.0 Å². The molecule has 0 radical (unpaired) electrons. The van der Waals surface area contributed by atoms with E-state index in [0.29, 0.717) is 11.1 Å². The number of rotatable bonds is 6. The van der Waals surface area contributed by atoms with Gasteiger partial charge in [-0.2, -0.15) is 0 Å². The van der Waals surface area contributed by atoms with Gasteiger partial charge < -0.3 is 15.5 Å². The second kappa shape index (κ2) is 7.33. The van der Waals surface area contributed by atoms with Gasteiger partial charge >= 0.3 is 5.97 Å². The lowest BCUT2D eigenvalue weighted by Crippen LogP contribution is -2.42. The first-order valence-electron chi connectivity index (χ1n) is 6.86. The van der Waals surface area contributed by atoms with E-state index in [1.54, 1.807) is 60.7 Å². The van der Waals surface area contributed by atoms with Crippen LogP contribution in [0.4, 0.5) is 0 Å². The lowest BCUT2D eigenvalue weighted by Gasteiger charge is -2.22. The van der Waals surface area contributed by atoms with Gasteiger partial charge in [-0.25, -0.2) is 4.79 Å². The van der Waals surface area contributed by atoms with Gasteiger partial charge in [-0.05, 0) is 17.7 Å². The van der Waals surface area contributed by atoms with Crippen LogP contribution in [0.2, 0.25) is 0 Å². The molecular formula is C17H15NO5. The summed E-state index contributed by atoms with van der Waals surface area (Å²) in [5.74, 6) is -3.66. The van der Waals surface area contributed by atoms with E-state index < -0.39 is 29.8 Å². The zero-order valence-electron chi connectivity index (χ0n) is 12.0. The number of aliphatic carboxylic acids is 1. The predicted molar refractivity (Wildman–Crippen MR) is 81.7 cm³/mol. The number of benzene rings is 2. The lowest BCUT2D eigenvalue weighted by molar-refractivity contribution is -0.153. The van der Waals surface area contributed by atoms with E-state index in [9.17, 15) is 19.5 Å². The third kappa shape index (κ3) is 4.02. The number of ketones is 1. The number of hydrogen-bond acceptors (Lipinski definition) is 4. The smallest absolute Gasteiger partial charge is 0.375 e. The Balaban J connectivity index is 2.29. The molecule has 2 atom stereocenters. The van der Waals surface area contributed by atoms with Crippen LogP contribution in [0, 0.1) is 0 Å². The maximum Gasteiger partial charge on any atom is 0.375 e. The first-order chi connectivity index (χ1) is 11.0. The molecule has 0 fully saturated rings. The van der Waals surface area contributed by atoms with Crippen molar-refractivity contribution in [2.75, 3.05) is 0 Å². The average molecular weight is 313 g/mol. The third-order valence-electron chi connectivity index (χ3n) is 3.28. The fraction of sp³-hybridized carbons (Fsp3) is 0.118. The van der Waals surface area contributed by atoms with Crippen molar-refractivity contribution in [2.24, 2.45) is 0 Å². The minimum Gasteiger partial charge on any atom is -0.475 e. The molecule has 2 aromatic carbocycles. The van der Waals surface area contributed by atoms with Crippen molar-refractivity contribution in [3.8, 4) is 0 Å². The van der Waals surface area contributed by atoms with Gasteiger partial charge in [0.1, 0.15) is 6.10 Å². The van der Waals surface area contributed by atoms with Crippen LogP contribution in [0.3, 0.4) is 0 Å². The molecule has 0 bridgehead atoms. The maximum absolute atomic E-state index is 12.2. The van der Waals surface area contributed by atoms with Crippen LogP contribution >= 0.6 is 0 Å². The highest BCUT2D eigenvalue weighted by Crippen LogP contribution is 2.18. The van der Waals surface area contributed by atoms with E-state index in [1.165, 1.54) is 0 Å². The van der Waals surface area contributed by atoms with Crippen molar-refractivity contribution in [1.82, 2.24) is 5.32 Å². The Morgan fingerprint density at radius 2 is 1.39 bits per heavy atom. The summed E-state index contributed by atoms with van der Waals surface area (Å²) in [7, 11) is 0. The van der Waals surface area contributed by atoms with Gasteiger partial charge in [-0.15, -0.1) is 0 Å². The molecule has 23 heavy (non-hydrogen) atoms. The molecule has 2 aromatic rings. The van der Waals surface area contributed by atoms with E-state index >= 15 is 0 Å². The number of hydrogen-bond donors (Lipinski definition) is 3. The van der Waals surface area contributed by atoms with Crippen LogP contribution in [0.25, 0.3) is 0 Å². The second-order valence-corrected chi connectivity index (χ2v) is 4.84. The SMILES string of the molecule is O=C(O)C(=O)C(O)[C@@H](NC(=O)c1ccccc1)c1ccccc1. The Labute approximate surface area is 132 Å². The monoisotopic (exact) mass is 313 g/mol. The van der Waals surface area contributed by atoms with Crippen molar-refractivity contribution >= 4 is 17.7 Å². The van der Waals surface area contributed by atoms with Crippen LogP contribution < -0.4 is 5.32 Å². The van der Waals surface area contributed by atoms with Crippen molar-refractivity contribution in [2.45, 2.75) is 12.1 Å². The Bertz CT molecular complexity index is 699. The summed E-state index contributed by atoms with van der Waals surface area (Å²) >= 11 is 0. The second-order valence-electron chi connectivity index (χ2n) is 4.84. The van der Waals surface area contributed by atoms with Crippen molar-refractivity contribution in [1.29, 1.82) is 0 Å². The first kappa shape index (κ1) is 16.4. The zero-order chi connectivity index (χ0) is 16.8. The first-order valence-corrected chi connectivity index (χ1v) is 6.86. The highest BCUT2D eigenvalue weighted by Gasteiger charge is 2.33. The fourth-order valence-corrected chi connectivity index (χ4v) is 2.10. The quantitative estimate of drug-likeness (QED) is 0.695. The van der Waals surface area contributed by atoms with E-state index in [4.69, 9.17) is 5.11 Å². The van der Waals surface area contributed by atoms with Crippen LogP contribution in [0.15, 0.2) is 60.7 Å². The number of nitrogens with one attached hydrogen (secondary N) is 1. The number of carbonyl (C=O) groups excluding carboxylic acids is 2. The highest BCUT2D eigenvalue weighted by molar-refractivity contribution is 6.34. The number of aliphatic hydroxyl groups is 1. The molecule has 0 aliphatic rings. The molecule has 1 unspecified atom stereocenters. The minimum atomic E-state index is -1.89. The molecule has 0 aromatic heterocycles. The summed E-state index contributed by atoms with van der Waals surface area (Å²) in [6, 6.07) is 15.3. The standard InChI is InChI=1S/C17H15NO5/c19-14(15(20)17(22)23)13(11-7-3-1-4-8-11)18-16(21)12-9-5-2-6-10-12/h1-10,13-14,19H,(H,18,21)(H,22,23)/t13-,14?/m0/s1. The van der Waals surface area contributed by atoms with Gasteiger partial charge in [0.15, 0.2) is 0 Å². The summed E-state index contributed by atoms with van der Waals surface area (Å²) in [4.78, 5) is 34.6. The number of aliphatic hydroxyl groups excluding tert-OH is 1. The number of Topliss-reactive ketones (excluding diaryl/α,β-unsaturated/α-hetero) is 1. The summed E-state index contributed by atoms with van der Waals surface area (Å²) in [5, 5.41) is 21.3. The van der Waals surface area contributed by atoms with Gasteiger partial charge in [-0.3, -0.25) is 9.59 Å². The fourth-order valence-electron chi connectivity index (χ4n) is 2.10. The molecule has 2 rings (SSSR count). The predicted octanol–water partition coefficient (Wildman–Crippen LogP) is 1.17. The van der Waals surface area contributed by atoms with Gasteiger partial charge in [0.25, 0.3) is 11.7 Å². The number of carboxylic acids is 1. The normalized spacial score (nSPS) is 12.9. The van der Waals surface area contributed by atoms with Gasteiger partial charge in [0, 0.05) is 5.56 Å². The summed E-state index contributed by atoms with van der Waals surface area (Å²) in [6.45, 7) is 0. The largest absolute Gasteiger partial charge is 0.475 e. The third-order valence-corrected chi connectivity index (χ3v) is 3.28. The van der Waals surface area contributed by atoms with Gasteiger partial charge in [-0.1, -0.05) is 48.5 Å². The van der Waals surface area contributed by atoms with Gasteiger partial charge in [0.2, 0.25) is 0 Å². The minimum absolute atomic E-state index is 0.336. The average Bonchev–Trinajstić information content (AvgIpc) is 2.59. The molecule has 118 valence electrons. The molecule has 1 amide bonds. The van der Waals surface area contributed by atoms with E-state index in [-0.39, 0.29) is 0 Å². The molecule has 0 heterocycles. The highest BCUT2D eigenvalue weighted by atomic mass is 16.4. The molecule has 0 saturated heterocycles. The Kier molecular flexibility index (Phi) is 5.22. The Morgan fingerprint density at radius 1 is 0.870 bits per heavy atom. The number of carboxylic acid groups (broad SMARTS) is 1. The Hall–Kier alpha value is -2.99. The number of carbonyl (C=O) groups is 3.